The van der Waals surface area contributed by atoms with Gasteiger partial charge in [0.25, 0.3) is 0 Å². The Hall–Kier alpha value is -3.75. The fourth-order valence-corrected chi connectivity index (χ4v) is 7.76. The number of carbonyl (C=O) groups excluding carboxylic acids is 1. The van der Waals surface area contributed by atoms with E-state index in [1.807, 2.05) is 13.8 Å². The van der Waals surface area contributed by atoms with Crippen LogP contribution >= 0.6 is 23.2 Å². The summed E-state index contributed by atoms with van der Waals surface area (Å²) >= 11 is 12.4. The Kier molecular flexibility index (Phi) is 13.8. The number of halogens is 4. The first kappa shape index (κ1) is 43.8. The number of carbonyl (C=O) groups is 1. The van der Waals surface area contributed by atoms with Crippen LogP contribution in [0, 0.1) is 11.8 Å². The summed E-state index contributed by atoms with van der Waals surface area (Å²) in [4.78, 5) is 38.7. The molecule has 6 rings (SSSR count). The zero-order chi connectivity index (χ0) is 41.9. The molecule has 21 heteroatoms. The van der Waals surface area contributed by atoms with E-state index in [0.717, 1.165) is 25.7 Å². The number of nitrogens with zero attached hydrogens (tertiary/aromatic N) is 8. The first-order chi connectivity index (χ1) is 27.6. The number of rotatable bonds is 18. The second kappa shape index (κ2) is 18.3. The molecule has 0 aromatic carbocycles. The molecule has 6 heterocycles. The van der Waals surface area contributed by atoms with Gasteiger partial charge in [-0.3, -0.25) is 9.13 Å². The molecule has 0 spiro atoms. The SMILES string of the molecule is CCCCOc1nc(Cl)nc2c1ncn2C1OC(CO)C(CC(C)(C)OC(=O)OC(C)(C)CC2C(CO)OC(n3cnc4c(OCCCC)nc(Cl)nc43)C2F)C1F. The zero-order valence-corrected chi connectivity index (χ0v) is 34.7. The average molecular weight is 860 g/mol. The zero-order valence-electron chi connectivity index (χ0n) is 33.2. The summed E-state index contributed by atoms with van der Waals surface area (Å²) in [5, 5.41) is 20.2. The molecule has 2 N–H and O–H groups in total. The lowest BCUT2D eigenvalue weighted by Crippen LogP contribution is -2.40. The van der Waals surface area contributed by atoms with Gasteiger partial charge < -0.3 is 38.6 Å². The van der Waals surface area contributed by atoms with Gasteiger partial charge in [-0.15, -0.1) is 0 Å². The predicted octanol–water partition coefficient (Wildman–Crippen LogP) is 6.51. The normalized spacial score (nSPS) is 25.2. The molecule has 0 amide bonds. The molecule has 4 aromatic rings. The minimum Gasteiger partial charge on any atom is -0.476 e. The minimum atomic E-state index is -1.70. The van der Waals surface area contributed by atoms with Crippen LogP contribution in [0.3, 0.4) is 0 Å². The number of imidazole rings is 2. The second-order valence-electron chi connectivity index (χ2n) is 15.7. The standard InChI is InChI=1S/C37H50Cl2F2N8O9/c1-7-9-11-53-29-25-27(44-33(38)46-29)48(17-42-25)31-23(40)19(21(15-50)55-31)13-36(3,4)57-35(52)58-37(5,6)14-20-22(16-51)56-32(24(20)41)49-18-43-26-28(49)45-34(39)47-30(26)54-12-10-8-2/h17-24,31-32,50-51H,7-16H2,1-6H3. The fraction of sp³-hybridized carbons (Fsp3) is 0.703. The maximum atomic E-state index is 16.4. The number of ether oxygens (including phenoxy) is 6. The van der Waals surface area contributed by atoms with Gasteiger partial charge in [0.2, 0.25) is 22.3 Å². The van der Waals surface area contributed by atoms with Crippen molar-refractivity contribution in [3.8, 4) is 11.8 Å². The van der Waals surface area contributed by atoms with Gasteiger partial charge in [-0.1, -0.05) is 26.7 Å². The Morgan fingerprint density at radius 1 is 0.741 bits per heavy atom. The van der Waals surface area contributed by atoms with Crippen molar-refractivity contribution >= 4 is 51.7 Å². The van der Waals surface area contributed by atoms with E-state index < -0.39 is 79.4 Å². The number of unbranched alkanes of at least 4 members (excludes halogenated alkanes) is 2. The number of hydrogen-bond acceptors (Lipinski definition) is 15. The summed E-state index contributed by atoms with van der Waals surface area (Å²) < 4.78 is 70.4. The van der Waals surface area contributed by atoms with Crippen molar-refractivity contribution in [3.63, 3.8) is 0 Å². The van der Waals surface area contributed by atoms with E-state index in [-0.39, 0.29) is 57.5 Å². The molecule has 8 atom stereocenters. The average Bonchev–Trinajstić information content (AvgIpc) is 3.91. The Bertz CT molecular complexity index is 1900. The molecule has 0 bridgehead atoms. The first-order valence-electron chi connectivity index (χ1n) is 19.4. The highest BCUT2D eigenvalue weighted by Crippen LogP contribution is 2.44. The minimum absolute atomic E-state index is 0.0752. The fourth-order valence-electron chi connectivity index (χ4n) is 7.45. The lowest BCUT2D eigenvalue weighted by Gasteiger charge is -2.33. The van der Waals surface area contributed by atoms with Crippen LogP contribution < -0.4 is 9.47 Å². The van der Waals surface area contributed by atoms with Crippen molar-refractivity contribution < 1.29 is 52.2 Å². The highest BCUT2D eigenvalue weighted by atomic mass is 35.5. The van der Waals surface area contributed by atoms with Crippen LogP contribution in [0.25, 0.3) is 22.3 Å². The van der Waals surface area contributed by atoms with E-state index in [9.17, 15) is 15.0 Å². The third-order valence-corrected chi connectivity index (χ3v) is 10.6. The summed E-state index contributed by atoms with van der Waals surface area (Å²) in [6.07, 6.45) is -3.06. The van der Waals surface area contributed by atoms with Gasteiger partial charge in [-0.25, -0.2) is 23.5 Å². The molecule has 2 saturated heterocycles. The van der Waals surface area contributed by atoms with Crippen LogP contribution in [0.4, 0.5) is 13.6 Å². The van der Waals surface area contributed by atoms with Gasteiger partial charge in [0.15, 0.2) is 47.1 Å². The highest BCUT2D eigenvalue weighted by Gasteiger charge is 2.51. The van der Waals surface area contributed by atoms with E-state index in [1.54, 1.807) is 27.7 Å². The maximum Gasteiger partial charge on any atom is 0.509 e. The Balaban J connectivity index is 1.10. The lowest BCUT2D eigenvalue weighted by atomic mass is 9.87. The van der Waals surface area contributed by atoms with Gasteiger partial charge in [0.05, 0.1) is 51.3 Å². The largest absolute Gasteiger partial charge is 0.509 e. The smallest absolute Gasteiger partial charge is 0.476 e. The summed E-state index contributed by atoms with van der Waals surface area (Å²) in [5.74, 6) is -1.57. The highest BCUT2D eigenvalue weighted by molar-refractivity contribution is 6.29. The molecule has 8 unspecified atom stereocenters. The molecule has 58 heavy (non-hydrogen) atoms. The Labute approximate surface area is 343 Å². The van der Waals surface area contributed by atoms with Crippen molar-refractivity contribution in [2.45, 2.75) is 128 Å². The van der Waals surface area contributed by atoms with Gasteiger partial charge in [-0.2, -0.15) is 19.9 Å². The van der Waals surface area contributed by atoms with Gasteiger partial charge in [0, 0.05) is 11.8 Å². The first-order valence-corrected chi connectivity index (χ1v) is 20.1. The maximum absolute atomic E-state index is 16.4. The summed E-state index contributed by atoms with van der Waals surface area (Å²) in [7, 11) is 0. The van der Waals surface area contributed by atoms with Crippen LogP contribution in [0.1, 0.15) is 92.5 Å². The van der Waals surface area contributed by atoms with Crippen molar-refractivity contribution in [3.05, 3.63) is 23.2 Å². The number of alkyl halides is 2. The number of hydrogen-bond donors (Lipinski definition) is 2. The van der Waals surface area contributed by atoms with Crippen molar-refractivity contribution in [2.75, 3.05) is 26.4 Å². The summed E-state index contributed by atoms with van der Waals surface area (Å²) in [5.41, 5.74) is -1.72. The molecule has 17 nitrogen and oxygen atoms in total. The van der Waals surface area contributed by atoms with Crippen molar-refractivity contribution in [1.82, 2.24) is 39.0 Å². The molecule has 0 radical (unpaired) electrons. The summed E-state index contributed by atoms with van der Waals surface area (Å²) in [6, 6.07) is 0. The van der Waals surface area contributed by atoms with Crippen LogP contribution in [-0.2, 0) is 18.9 Å². The molecular formula is C37H50Cl2F2N8O9. The molecule has 2 aliphatic heterocycles. The summed E-state index contributed by atoms with van der Waals surface area (Å²) in [6.45, 7) is 10.1. The molecule has 0 saturated carbocycles. The van der Waals surface area contributed by atoms with Crippen LogP contribution in [0.2, 0.25) is 10.6 Å². The number of aliphatic hydroxyl groups excluding tert-OH is 2. The lowest BCUT2D eigenvalue weighted by molar-refractivity contribution is -0.0832. The van der Waals surface area contributed by atoms with Crippen molar-refractivity contribution in [1.29, 1.82) is 0 Å². The number of aromatic nitrogens is 8. The van der Waals surface area contributed by atoms with Crippen LogP contribution in [-0.4, -0.2) is 118 Å². The van der Waals surface area contributed by atoms with Crippen molar-refractivity contribution in [2.24, 2.45) is 11.8 Å². The van der Waals surface area contributed by atoms with E-state index in [2.05, 4.69) is 29.9 Å². The van der Waals surface area contributed by atoms with Gasteiger partial charge >= 0.3 is 6.16 Å². The quantitative estimate of drug-likeness (QED) is 0.0623. The Morgan fingerprint density at radius 2 is 1.14 bits per heavy atom. The topological polar surface area (TPSA) is 200 Å². The van der Waals surface area contributed by atoms with E-state index >= 15 is 8.78 Å². The molecule has 0 aliphatic carbocycles. The third-order valence-electron chi connectivity index (χ3n) is 10.2. The van der Waals surface area contributed by atoms with Gasteiger partial charge in [-0.05, 0) is 76.6 Å². The monoisotopic (exact) mass is 858 g/mol. The van der Waals surface area contributed by atoms with Crippen LogP contribution in [0.5, 0.6) is 11.8 Å². The molecular weight excluding hydrogens is 809 g/mol. The van der Waals surface area contributed by atoms with Gasteiger partial charge in [0.1, 0.15) is 11.2 Å². The molecule has 2 aliphatic rings. The van der Waals surface area contributed by atoms with E-state index in [4.69, 9.17) is 51.6 Å². The molecule has 2 fully saturated rings. The second-order valence-corrected chi connectivity index (χ2v) is 16.4. The molecule has 4 aromatic heterocycles. The van der Waals surface area contributed by atoms with E-state index in [0.29, 0.717) is 13.2 Å². The van der Waals surface area contributed by atoms with Crippen LogP contribution in [0.15, 0.2) is 12.7 Å². The predicted molar refractivity (Wildman–Crippen MR) is 205 cm³/mol. The molecule has 320 valence electrons. The number of aliphatic hydroxyl groups is 2. The number of fused-ring (bicyclic) bond motifs is 2. The van der Waals surface area contributed by atoms with E-state index in [1.165, 1.54) is 21.8 Å². The Morgan fingerprint density at radius 3 is 1.50 bits per heavy atom. The third kappa shape index (κ3) is 9.49.